The fraction of sp³-hybridized carbons (Fsp3) is 0.435. The molecule has 0 spiro atoms. The van der Waals surface area contributed by atoms with Crippen LogP contribution in [0.25, 0.3) is 0 Å². The first-order valence-electron chi connectivity index (χ1n) is 10.6. The van der Waals surface area contributed by atoms with Gasteiger partial charge >= 0.3 is 0 Å². The van der Waals surface area contributed by atoms with Gasteiger partial charge in [0.1, 0.15) is 0 Å². The summed E-state index contributed by atoms with van der Waals surface area (Å²) in [7, 11) is -3.27. The Morgan fingerprint density at radius 2 is 1.71 bits per heavy atom. The Kier molecular flexibility index (Phi) is 6.92. The van der Waals surface area contributed by atoms with Crippen molar-refractivity contribution in [1.29, 1.82) is 0 Å². The maximum Gasteiger partial charge on any atom is 0.253 e. The topological polar surface area (TPSA) is 75.3 Å². The summed E-state index contributed by atoms with van der Waals surface area (Å²) >= 11 is 12.2. The van der Waals surface area contributed by atoms with Gasteiger partial charge < -0.3 is 10.6 Å². The van der Waals surface area contributed by atoms with E-state index in [-0.39, 0.29) is 23.6 Å². The number of piperidine rings is 1. The number of benzene rings is 2. The molecule has 0 radical (unpaired) electrons. The van der Waals surface area contributed by atoms with Crippen molar-refractivity contribution in [2.75, 3.05) is 18.8 Å². The molecule has 1 saturated carbocycles. The molecule has 2 aromatic rings. The molecule has 1 saturated heterocycles. The van der Waals surface area contributed by atoms with Crippen LogP contribution in [0.3, 0.4) is 0 Å². The molecule has 0 aromatic heterocycles. The molecule has 1 aliphatic heterocycles. The number of sulfone groups is 1. The molecule has 2 fully saturated rings. The lowest BCUT2D eigenvalue weighted by molar-refractivity contribution is 0.0914. The van der Waals surface area contributed by atoms with Crippen molar-refractivity contribution in [3.8, 4) is 0 Å². The lowest BCUT2D eigenvalue weighted by atomic mass is 9.85. The van der Waals surface area contributed by atoms with Crippen LogP contribution in [0.2, 0.25) is 10.0 Å². The normalized spacial score (nSPS) is 18.5. The lowest BCUT2D eigenvalue weighted by Crippen LogP contribution is -2.39. The van der Waals surface area contributed by atoms with Gasteiger partial charge in [0.05, 0.1) is 27.3 Å². The number of halogens is 2. The van der Waals surface area contributed by atoms with Gasteiger partial charge in [-0.25, -0.2) is 8.42 Å². The third kappa shape index (κ3) is 5.61. The molecule has 31 heavy (non-hydrogen) atoms. The Hall–Kier alpha value is -1.60. The first-order valence-corrected chi connectivity index (χ1v) is 13.0. The van der Waals surface area contributed by atoms with Crippen LogP contribution >= 0.6 is 23.2 Å². The molecular weight excluding hydrogens is 455 g/mol. The van der Waals surface area contributed by atoms with E-state index in [0.717, 1.165) is 44.3 Å². The minimum Gasteiger partial charge on any atom is -0.345 e. The van der Waals surface area contributed by atoms with Crippen molar-refractivity contribution in [1.82, 2.24) is 10.6 Å². The summed E-state index contributed by atoms with van der Waals surface area (Å²) in [6, 6.07) is 11.6. The van der Waals surface area contributed by atoms with Crippen LogP contribution in [0, 0.1) is 11.8 Å². The molecule has 1 unspecified atom stereocenters. The van der Waals surface area contributed by atoms with E-state index in [1.54, 1.807) is 30.3 Å². The van der Waals surface area contributed by atoms with Gasteiger partial charge in [-0.1, -0.05) is 35.3 Å². The quantitative estimate of drug-likeness (QED) is 0.604. The van der Waals surface area contributed by atoms with Gasteiger partial charge in [0.2, 0.25) is 0 Å². The summed E-state index contributed by atoms with van der Waals surface area (Å²) in [5.74, 6) is 0.493. The molecule has 1 atom stereocenters. The van der Waals surface area contributed by atoms with Crippen LogP contribution in [0.5, 0.6) is 0 Å². The maximum absolute atomic E-state index is 13.0. The number of carbonyl (C=O) groups excluding carboxylic acids is 1. The zero-order valence-corrected chi connectivity index (χ0v) is 19.4. The molecule has 1 aliphatic carbocycles. The highest BCUT2D eigenvalue weighted by Gasteiger charge is 2.30. The summed E-state index contributed by atoms with van der Waals surface area (Å²) in [5, 5.41) is 7.26. The molecule has 2 aliphatic rings. The molecule has 166 valence electrons. The number of hydrogen-bond donors (Lipinski definition) is 2. The van der Waals surface area contributed by atoms with Gasteiger partial charge in [0.25, 0.3) is 5.91 Å². The van der Waals surface area contributed by atoms with Crippen molar-refractivity contribution in [3.63, 3.8) is 0 Å². The van der Waals surface area contributed by atoms with Crippen molar-refractivity contribution >= 4 is 38.9 Å². The van der Waals surface area contributed by atoms with Gasteiger partial charge in [-0.05, 0) is 86.5 Å². The second-order valence-corrected chi connectivity index (χ2v) is 11.3. The van der Waals surface area contributed by atoms with E-state index >= 15 is 0 Å². The molecule has 8 heteroatoms. The van der Waals surface area contributed by atoms with Gasteiger partial charge in [0, 0.05) is 5.02 Å². The Morgan fingerprint density at radius 3 is 2.32 bits per heavy atom. The average molecular weight is 481 g/mol. The summed E-state index contributed by atoms with van der Waals surface area (Å²) in [6.07, 6.45) is 3.82. The summed E-state index contributed by atoms with van der Waals surface area (Å²) < 4.78 is 25.2. The largest absolute Gasteiger partial charge is 0.345 e. The predicted molar refractivity (Wildman–Crippen MR) is 123 cm³/mol. The minimum absolute atomic E-state index is 0.218. The second kappa shape index (κ2) is 9.49. The maximum atomic E-state index is 13.0. The highest BCUT2D eigenvalue weighted by molar-refractivity contribution is 7.91. The van der Waals surface area contributed by atoms with Crippen molar-refractivity contribution in [2.45, 2.75) is 36.6 Å². The highest BCUT2D eigenvalue weighted by atomic mass is 35.5. The fourth-order valence-corrected chi connectivity index (χ4v) is 6.31. The number of rotatable bonds is 7. The monoisotopic (exact) mass is 480 g/mol. The molecular formula is C23H26Cl2N2O3S. The zero-order chi connectivity index (χ0) is 22.0. The Balaban J connectivity index is 1.58. The summed E-state index contributed by atoms with van der Waals surface area (Å²) in [5.41, 5.74) is 1.27. The van der Waals surface area contributed by atoms with E-state index in [1.165, 1.54) is 0 Å². The first kappa shape index (κ1) is 22.6. The van der Waals surface area contributed by atoms with E-state index in [1.807, 2.05) is 12.1 Å². The zero-order valence-electron chi connectivity index (χ0n) is 17.1. The highest BCUT2D eigenvalue weighted by Crippen LogP contribution is 2.34. The third-order valence-corrected chi connectivity index (χ3v) is 8.52. The van der Waals surface area contributed by atoms with Crippen LogP contribution in [0.15, 0.2) is 47.4 Å². The predicted octanol–water partition coefficient (Wildman–Crippen LogP) is 4.65. The van der Waals surface area contributed by atoms with Crippen LogP contribution in [-0.4, -0.2) is 33.2 Å². The number of nitrogens with one attached hydrogen (secondary N) is 2. The average Bonchev–Trinajstić information content (AvgIpc) is 3.56. The summed E-state index contributed by atoms with van der Waals surface area (Å²) in [6.45, 7) is 1.76. The van der Waals surface area contributed by atoms with E-state index in [2.05, 4.69) is 10.6 Å². The summed E-state index contributed by atoms with van der Waals surface area (Å²) in [4.78, 5) is 13.4. The third-order valence-electron chi connectivity index (χ3n) is 6.07. The van der Waals surface area contributed by atoms with E-state index in [0.29, 0.717) is 26.4 Å². The van der Waals surface area contributed by atoms with Crippen molar-refractivity contribution in [3.05, 3.63) is 63.6 Å². The van der Waals surface area contributed by atoms with E-state index in [4.69, 9.17) is 23.2 Å². The van der Waals surface area contributed by atoms with Gasteiger partial charge in [0.15, 0.2) is 9.84 Å². The SMILES string of the molecule is O=C(NC(c1ccc(S(=O)(=O)CC2CC2)cc1)C1CCNCC1)c1ccc(Cl)cc1Cl. The van der Waals surface area contributed by atoms with Crippen LogP contribution in [-0.2, 0) is 9.84 Å². The van der Waals surface area contributed by atoms with Crippen LogP contribution in [0.4, 0.5) is 0 Å². The van der Waals surface area contributed by atoms with Crippen LogP contribution < -0.4 is 10.6 Å². The number of carbonyl (C=O) groups is 1. The second-order valence-electron chi connectivity index (χ2n) is 8.46. The molecule has 4 rings (SSSR count). The molecule has 0 bridgehead atoms. The Labute approximate surface area is 193 Å². The molecule has 2 N–H and O–H groups in total. The van der Waals surface area contributed by atoms with Gasteiger partial charge in [-0.2, -0.15) is 0 Å². The Morgan fingerprint density at radius 1 is 1.03 bits per heavy atom. The fourth-order valence-electron chi connectivity index (χ4n) is 4.12. The van der Waals surface area contributed by atoms with Crippen molar-refractivity contribution < 1.29 is 13.2 Å². The van der Waals surface area contributed by atoms with Gasteiger partial charge in [-0.3, -0.25) is 4.79 Å². The molecule has 1 heterocycles. The smallest absolute Gasteiger partial charge is 0.253 e. The van der Waals surface area contributed by atoms with E-state index in [9.17, 15) is 13.2 Å². The van der Waals surface area contributed by atoms with Crippen molar-refractivity contribution in [2.24, 2.45) is 11.8 Å². The number of amides is 1. The molecule has 1 amide bonds. The minimum atomic E-state index is -3.27. The molecule has 2 aromatic carbocycles. The standard InChI is InChI=1S/C23H26Cl2N2O3S/c24-18-5-8-20(21(25)13-18)23(28)27-22(17-9-11-26-12-10-17)16-3-6-19(7-4-16)31(29,30)14-15-1-2-15/h3-8,13,15,17,22,26H,1-2,9-12,14H2,(H,27,28). The van der Waals surface area contributed by atoms with Gasteiger partial charge in [-0.15, -0.1) is 0 Å². The lowest BCUT2D eigenvalue weighted by Gasteiger charge is -2.32. The number of hydrogen-bond acceptors (Lipinski definition) is 4. The van der Waals surface area contributed by atoms with E-state index < -0.39 is 9.84 Å². The Bertz CT molecular complexity index is 1050. The first-order chi connectivity index (χ1) is 14.8. The van der Waals surface area contributed by atoms with Crippen LogP contribution in [0.1, 0.15) is 47.6 Å². The molecule has 5 nitrogen and oxygen atoms in total.